The number of hydrogen-bond donors (Lipinski definition) is 1. The van der Waals surface area contributed by atoms with E-state index in [9.17, 15) is 13.2 Å². The van der Waals surface area contributed by atoms with Crippen molar-refractivity contribution in [2.75, 3.05) is 0 Å². The fraction of sp³-hybridized carbons (Fsp3) is 0.533. The molecule has 5 heteroatoms. The van der Waals surface area contributed by atoms with E-state index >= 15 is 0 Å². The van der Waals surface area contributed by atoms with Gasteiger partial charge in [-0.1, -0.05) is 50.1 Å². The number of rotatable bonds is 4. The van der Waals surface area contributed by atoms with Crippen LogP contribution in [-0.4, -0.2) is 14.3 Å². The second-order valence-corrected chi connectivity index (χ2v) is 7.80. The average molecular weight is 295 g/mol. The van der Waals surface area contributed by atoms with Gasteiger partial charge in [-0.15, -0.1) is 0 Å². The second kappa shape index (κ2) is 5.56. The first-order valence-corrected chi connectivity index (χ1v) is 8.51. The molecule has 0 bridgehead atoms. The van der Waals surface area contributed by atoms with Crippen molar-refractivity contribution in [2.45, 2.75) is 44.8 Å². The van der Waals surface area contributed by atoms with Crippen molar-refractivity contribution >= 4 is 15.9 Å². The van der Waals surface area contributed by atoms with Crippen molar-refractivity contribution in [3.05, 3.63) is 35.9 Å². The number of carbonyl (C=O) groups is 1. The molecule has 1 fully saturated rings. The Morgan fingerprint density at radius 3 is 2.30 bits per heavy atom. The highest BCUT2D eigenvalue weighted by molar-refractivity contribution is 7.90. The van der Waals surface area contributed by atoms with Crippen molar-refractivity contribution in [1.82, 2.24) is 4.72 Å². The molecule has 0 radical (unpaired) electrons. The first kappa shape index (κ1) is 15.0. The predicted octanol–water partition coefficient (Wildman–Crippen LogP) is 2.77. The highest BCUT2D eigenvalue weighted by Gasteiger charge is 2.39. The molecule has 1 aromatic rings. The minimum atomic E-state index is -3.69. The molecule has 1 atom stereocenters. The Hall–Kier alpha value is -1.36. The molecular formula is C15H21NO3S. The SMILES string of the molecule is CC(c1ccccc1)S(=O)(=O)NC(=O)C1(C)CCCC1. The standard InChI is InChI=1S/C15H21NO3S/c1-12(13-8-4-3-5-9-13)20(18,19)16-14(17)15(2)10-6-7-11-15/h3-5,8-9,12H,6-7,10-11H2,1-2H3,(H,16,17). The summed E-state index contributed by atoms with van der Waals surface area (Å²) in [5.74, 6) is -0.363. The van der Waals surface area contributed by atoms with Gasteiger partial charge in [0.25, 0.3) is 0 Å². The zero-order valence-electron chi connectivity index (χ0n) is 11.9. The van der Waals surface area contributed by atoms with Gasteiger partial charge < -0.3 is 0 Å². The van der Waals surface area contributed by atoms with Crippen LogP contribution in [0.5, 0.6) is 0 Å². The van der Waals surface area contributed by atoms with Gasteiger partial charge in [0.15, 0.2) is 0 Å². The van der Waals surface area contributed by atoms with Crippen molar-refractivity contribution < 1.29 is 13.2 Å². The topological polar surface area (TPSA) is 63.2 Å². The second-order valence-electron chi connectivity index (χ2n) is 5.80. The number of amides is 1. The number of nitrogens with one attached hydrogen (secondary N) is 1. The van der Waals surface area contributed by atoms with Gasteiger partial charge in [-0.05, 0) is 25.3 Å². The molecular weight excluding hydrogens is 274 g/mol. The van der Waals surface area contributed by atoms with Gasteiger partial charge in [0.05, 0.1) is 0 Å². The van der Waals surface area contributed by atoms with Crippen LogP contribution in [0.4, 0.5) is 0 Å². The van der Waals surface area contributed by atoms with Crippen LogP contribution in [0.2, 0.25) is 0 Å². The summed E-state index contributed by atoms with van der Waals surface area (Å²) in [6.07, 6.45) is 3.48. The lowest BCUT2D eigenvalue weighted by Crippen LogP contribution is -2.42. The summed E-state index contributed by atoms with van der Waals surface area (Å²) >= 11 is 0. The largest absolute Gasteiger partial charge is 0.273 e. The summed E-state index contributed by atoms with van der Waals surface area (Å²) in [7, 11) is -3.69. The zero-order valence-corrected chi connectivity index (χ0v) is 12.7. The molecule has 1 unspecified atom stereocenters. The van der Waals surface area contributed by atoms with E-state index in [2.05, 4.69) is 4.72 Å². The van der Waals surface area contributed by atoms with Gasteiger partial charge in [-0.3, -0.25) is 9.52 Å². The lowest BCUT2D eigenvalue weighted by molar-refractivity contribution is -0.127. The number of carbonyl (C=O) groups excluding carboxylic acids is 1. The third-order valence-electron chi connectivity index (χ3n) is 4.22. The maximum Gasteiger partial charge on any atom is 0.241 e. The van der Waals surface area contributed by atoms with Crippen LogP contribution >= 0.6 is 0 Å². The minimum absolute atomic E-state index is 0.363. The normalized spacial score (nSPS) is 19.5. The van der Waals surface area contributed by atoms with Crippen LogP contribution in [0.15, 0.2) is 30.3 Å². The molecule has 1 saturated carbocycles. The quantitative estimate of drug-likeness (QED) is 0.929. The smallest absolute Gasteiger partial charge is 0.241 e. The Kier molecular flexibility index (Phi) is 4.18. The third kappa shape index (κ3) is 3.03. The molecule has 1 aliphatic carbocycles. The zero-order chi connectivity index (χ0) is 14.8. The van der Waals surface area contributed by atoms with Crippen molar-refractivity contribution in [3.63, 3.8) is 0 Å². The lowest BCUT2D eigenvalue weighted by atomic mass is 9.88. The highest BCUT2D eigenvalue weighted by atomic mass is 32.2. The molecule has 110 valence electrons. The Morgan fingerprint density at radius 1 is 1.20 bits per heavy atom. The molecule has 1 aliphatic rings. The van der Waals surface area contributed by atoms with E-state index in [1.54, 1.807) is 31.2 Å². The van der Waals surface area contributed by atoms with Gasteiger partial charge in [0, 0.05) is 5.41 Å². The third-order valence-corrected chi connectivity index (χ3v) is 5.90. The lowest BCUT2D eigenvalue weighted by Gasteiger charge is -2.23. The van der Waals surface area contributed by atoms with E-state index in [1.165, 1.54) is 0 Å². The summed E-state index contributed by atoms with van der Waals surface area (Å²) in [5.41, 5.74) is 0.146. The van der Waals surface area contributed by atoms with Crippen molar-refractivity contribution in [3.8, 4) is 0 Å². The molecule has 20 heavy (non-hydrogen) atoms. The predicted molar refractivity (Wildman–Crippen MR) is 78.5 cm³/mol. The molecule has 0 aliphatic heterocycles. The number of benzene rings is 1. The summed E-state index contributed by atoms with van der Waals surface area (Å²) in [4.78, 5) is 12.2. The van der Waals surface area contributed by atoms with Crippen LogP contribution in [0.25, 0.3) is 0 Å². The summed E-state index contributed by atoms with van der Waals surface area (Å²) < 4.78 is 26.9. The van der Waals surface area contributed by atoms with E-state index in [4.69, 9.17) is 0 Å². The molecule has 0 aromatic heterocycles. The van der Waals surface area contributed by atoms with Crippen LogP contribution in [0, 0.1) is 5.41 Å². The Labute approximate surface area is 120 Å². The van der Waals surface area contributed by atoms with Crippen LogP contribution in [-0.2, 0) is 14.8 Å². The van der Waals surface area contributed by atoms with Crippen molar-refractivity contribution in [1.29, 1.82) is 0 Å². The maximum atomic E-state index is 12.3. The first-order chi connectivity index (χ1) is 9.35. The van der Waals surface area contributed by atoms with E-state index in [0.717, 1.165) is 25.7 Å². The Bertz CT molecular complexity index is 574. The molecule has 1 aromatic carbocycles. The Balaban J connectivity index is 2.13. The van der Waals surface area contributed by atoms with Gasteiger partial charge in [0.1, 0.15) is 5.25 Å². The molecule has 2 rings (SSSR count). The van der Waals surface area contributed by atoms with E-state index in [0.29, 0.717) is 5.56 Å². The van der Waals surface area contributed by atoms with Crippen LogP contribution in [0.1, 0.15) is 50.3 Å². The first-order valence-electron chi connectivity index (χ1n) is 6.96. The van der Waals surface area contributed by atoms with E-state index in [-0.39, 0.29) is 5.91 Å². The van der Waals surface area contributed by atoms with Crippen LogP contribution < -0.4 is 4.72 Å². The summed E-state index contributed by atoms with van der Waals surface area (Å²) in [6, 6.07) is 8.93. The Morgan fingerprint density at radius 2 is 1.75 bits per heavy atom. The van der Waals surface area contributed by atoms with Crippen molar-refractivity contribution in [2.24, 2.45) is 5.41 Å². The highest BCUT2D eigenvalue weighted by Crippen LogP contribution is 2.38. The average Bonchev–Trinajstić information content (AvgIpc) is 2.87. The van der Waals surface area contributed by atoms with Crippen LogP contribution in [0.3, 0.4) is 0 Å². The molecule has 0 spiro atoms. The molecule has 4 nitrogen and oxygen atoms in total. The summed E-state index contributed by atoms with van der Waals surface area (Å²) in [6.45, 7) is 3.44. The van der Waals surface area contributed by atoms with E-state index < -0.39 is 20.7 Å². The van der Waals surface area contributed by atoms with Gasteiger partial charge in [-0.25, -0.2) is 8.42 Å². The van der Waals surface area contributed by atoms with E-state index in [1.807, 2.05) is 13.0 Å². The molecule has 0 saturated heterocycles. The van der Waals surface area contributed by atoms with Gasteiger partial charge in [-0.2, -0.15) is 0 Å². The fourth-order valence-corrected chi connectivity index (χ4v) is 3.82. The summed E-state index contributed by atoms with van der Waals surface area (Å²) in [5, 5.41) is -0.738. The minimum Gasteiger partial charge on any atom is -0.273 e. The maximum absolute atomic E-state index is 12.3. The molecule has 1 N–H and O–H groups in total. The number of sulfonamides is 1. The monoisotopic (exact) mass is 295 g/mol. The fourth-order valence-electron chi connectivity index (χ4n) is 2.63. The molecule has 1 amide bonds. The number of hydrogen-bond acceptors (Lipinski definition) is 3. The van der Waals surface area contributed by atoms with Gasteiger partial charge >= 0.3 is 0 Å². The molecule has 0 heterocycles. The van der Waals surface area contributed by atoms with Gasteiger partial charge in [0.2, 0.25) is 15.9 Å².